The van der Waals surface area contributed by atoms with E-state index in [9.17, 15) is 4.79 Å². The van der Waals surface area contributed by atoms with E-state index in [2.05, 4.69) is 20.8 Å². The van der Waals surface area contributed by atoms with Gasteiger partial charge in [0.25, 0.3) is 5.91 Å². The predicted molar refractivity (Wildman–Crippen MR) is 71.9 cm³/mol. The molecule has 1 aliphatic rings. The summed E-state index contributed by atoms with van der Waals surface area (Å²) in [5.74, 6) is 0.456. The SMILES string of the molecule is CCNC(=O)c1ccc(NCC2(CCO)CC2)nn1. The highest BCUT2D eigenvalue weighted by Gasteiger charge is 2.41. The Morgan fingerprint density at radius 2 is 2.21 bits per heavy atom. The van der Waals surface area contributed by atoms with Crippen molar-refractivity contribution in [2.24, 2.45) is 5.41 Å². The van der Waals surface area contributed by atoms with E-state index in [1.807, 2.05) is 6.92 Å². The number of hydrogen-bond acceptors (Lipinski definition) is 5. The molecule has 0 aliphatic heterocycles. The van der Waals surface area contributed by atoms with Crippen LogP contribution in [0.2, 0.25) is 0 Å². The third kappa shape index (κ3) is 3.64. The fraction of sp³-hybridized carbons (Fsp3) is 0.615. The molecule has 0 aromatic carbocycles. The Labute approximate surface area is 112 Å². The second-order valence-electron chi connectivity index (χ2n) is 4.99. The molecule has 104 valence electrons. The van der Waals surface area contributed by atoms with E-state index in [1.165, 1.54) is 0 Å². The first-order chi connectivity index (χ1) is 9.19. The van der Waals surface area contributed by atoms with Crippen LogP contribution in [0.1, 0.15) is 36.7 Å². The highest BCUT2D eigenvalue weighted by atomic mass is 16.3. The van der Waals surface area contributed by atoms with Gasteiger partial charge in [0, 0.05) is 19.7 Å². The number of nitrogens with one attached hydrogen (secondary N) is 2. The summed E-state index contributed by atoms with van der Waals surface area (Å²) in [5.41, 5.74) is 0.554. The molecule has 0 saturated heterocycles. The van der Waals surface area contributed by atoms with E-state index in [-0.39, 0.29) is 17.9 Å². The molecule has 6 nitrogen and oxygen atoms in total. The van der Waals surface area contributed by atoms with Crippen molar-refractivity contribution < 1.29 is 9.90 Å². The fourth-order valence-corrected chi connectivity index (χ4v) is 2.01. The molecule has 0 atom stereocenters. The molecule has 1 aromatic rings. The maximum absolute atomic E-state index is 11.5. The van der Waals surface area contributed by atoms with Gasteiger partial charge in [-0.15, -0.1) is 10.2 Å². The lowest BCUT2D eigenvalue weighted by atomic mass is 10.0. The molecule has 0 radical (unpaired) electrons. The molecule has 1 amide bonds. The maximum atomic E-state index is 11.5. The smallest absolute Gasteiger partial charge is 0.271 e. The lowest BCUT2D eigenvalue weighted by Crippen LogP contribution is -2.24. The van der Waals surface area contributed by atoms with Crippen LogP contribution in [0, 0.1) is 5.41 Å². The van der Waals surface area contributed by atoms with E-state index in [0.717, 1.165) is 25.8 Å². The first kappa shape index (κ1) is 13.7. The van der Waals surface area contributed by atoms with Gasteiger partial charge in [0.1, 0.15) is 5.82 Å². The Bertz CT molecular complexity index is 429. The lowest BCUT2D eigenvalue weighted by Gasteiger charge is -2.14. The Hall–Kier alpha value is -1.69. The van der Waals surface area contributed by atoms with Gasteiger partial charge in [0.05, 0.1) is 0 Å². The number of anilines is 1. The van der Waals surface area contributed by atoms with Crippen LogP contribution >= 0.6 is 0 Å². The van der Waals surface area contributed by atoms with Crippen molar-refractivity contribution >= 4 is 11.7 Å². The molecule has 3 N–H and O–H groups in total. The zero-order chi connectivity index (χ0) is 13.7. The molecule has 19 heavy (non-hydrogen) atoms. The Kier molecular flexibility index (Phi) is 4.31. The van der Waals surface area contributed by atoms with Gasteiger partial charge < -0.3 is 15.7 Å². The lowest BCUT2D eigenvalue weighted by molar-refractivity contribution is 0.0950. The summed E-state index contributed by atoms with van der Waals surface area (Å²) >= 11 is 0. The van der Waals surface area contributed by atoms with Gasteiger partial charge in [-0.25, -0.2) is 0 Å². The van der Waals surface area contributed by atoms with E-state index < -0.39 is 0 Å². The molecular formula is C13H20N4O2. The van der Waals surface area contributed by atoms with Gasteiger partial charge in [0.2, 0.25) is 0 Å². The Balaban J connectivity index is 1.87. The number of hydrogen-bond donors (Lipinski definition) is 3. The zero-order valence-corrected chi connectivity index (χ0v) is 11.1. The molecule has 0 spiro atoms. The summed E-state index contributed by atoms with van der Waals surface area (Å²) in [7, 11) is 0. The summed E-state index contributed by atoms with van der Waals surface area (Å²) in [6, 6.07) is 3.42. The van der Waals surface area contributed by atoms with Crippen LogP contribution in [-0.4, -0.2) is 40.9 Å². The normalized spacial score (nSPS) is 15.9. The standard InChI is InChI=1S/C13H20N4O2/c1-2-14-12(19)10-3-4-11(17-16-10)15-9-13(5-6-13)7-8-18/h3-4,18H,2,5-9H2,1H3,(H,14,19)(H,15,17). The molecule has 1 saturated carbocycles. The van der Waals surface area contributed by atoms with E-state index in [4.69, 9.17) is 5.11 Å². The first-order valence-corrected chi connectivity index (χ1v) is 6.66. The number of rotatable bonds is 7. The number of nitrogens with zero attached hydrogens (tertiary/aromatic N) is 2. The minimum Gasteiger partial charge on any atom is -0.396 e. The van der Waals surface area contributed by atoms with E-state index in [0.29, 0.717) is 18.1 Å². The average Bonchev–Trinajstić information content (AvgIpc) is 3.18. The van der Waals surface area contributed by atoms with Gasteiger partial charge in [-0.2, -0.15) is 0 Å². The quantitative estimate of drug-likeness (QED) is 0.678. The third-order valence-electron chi connectivity index (χ3n) is 3.48. The van der Waals surface area contributed by atoms with E-state index >= 15 is 0 Å². The zero-order valence-electron chi connectivity index (χ0n) is 11.1. The van der Waals surface area contributed by atoms with Crippen molar-refractivity contribution in [1.29, 1.82) is 0 Å². The van der Waals surface area contributed by atoms with Crippen molar-refractivity contribution in [2.75, 3.05) is 25.0 Å². The number of carbonyl (C=O) groups excluding carboxylic acids is 1. The van der Waals surface area contributed by atoms with Crippen molar-refractivity contribution in [2.45, 2.75) is 26.2 Å². The van der Waals surface area contributed by atoms with Crippen LogP contribution in [0.5, 0.6) is 0 Å². The maximum Gasteiger partial charge on any atom is 0.271 e. The second-order valence-corrected chi connectivity index (χ2v) is 4.99. The van der Waals surface area contributed by atoms with Gasteiger partial charge >= 0.3 is 0 Å². The monoisotopic (exact) mass is 264 g/mol. The first-order valence-electron chi connectivity index (χ1n) is 6.66. The number of aliphatic hydroxyl groups excluding tert-OH is 1. The number of aromatic nitrogens is 2. The molecule has 1 aliphatic carbocycles. The molecular weight excluding hydrogens is 244 g/mol. The molecule has 1 aromatic heterocycles. The Morgan fingerprint density at radius 1 is 1.42 bits per heavy atom. The van der Waals surface area contributed by atoms with Gasteiger partial charge in [-0.3, -0.25) is 4.79 Å². The van der Waals surface area contributed by atoms with Crippen molar-refractivity contribution in [1.82, 2.24) is 15.5 Å². The summed E-state index contributed by atoms with van der Waals surface area (Å²) in [6.45, 7) is 3.45. The summed E-state index contributed by atoms with van der Waals surface area (Å²) < 4.78 is 0. The largest absolute Gasteiger partial charge is 0.396 e. The topological polar surface area (TPSA) is 87.1 Å². The highest BCUT2D eigenvalue weighted by molar-refractivity contribution is 5.92. The molecule has 2 rings (SSSR count). The molecule has 6 heteroatoms. The summed E-state index contributed by atoms with van der Waals surface area (Å²) in [5, 5.41) is 22.8. The van der Waals surface area contributed by atoms with Gasteiger partial charge in [-0.1, -0.05) is 0 Å². The van der Waals surface area contributed by atoms with Crippen molar-refractivity contribution in [3.63, 3.8) is 0 Å². The van der Waals surface area contributed by atoms with Crippen LogP contribution < -0.4 is 10.6 Å². The average molecular weight is 264 g/mol. The molecule has 0 unspecified atom stereocenters. The molecule has 0 bridgehead atoms. The van der Waals surface area contributed by atoms with Crippen LogP contribution in [0.15, 0.2) is 12.1 Å². The minimum atomic E-state index is -0.208. The van der Waals surface area contributed by atoms with Crippen LogP contribution in [-0.2, 0) is 0 Å². The highest BCUT2D eigenvalue weighted by Crippen LogP contribution is 2.48. The van der Waals surface area contributed by atoms with Gasteiger partial charge in [0.15, 0.2) is 5.69 Å². The van der Waals surface area contributed by atoms with Crippen LogP contribution in [0.3, 0.4) is 0 Å². The van der Waals surface area contributed by atoms with Gasteiger partial charge in [-0.05, 0) is 43.7 Å². The van der Waals surface area contributed by atoms with Crippen LogP contribution in [0.25, 0.3) is 0 Å². The second kappa shape index (κ2) is 5.97. The van der Waals surface area contributed by atoms with E-state index in [1.54, 1.807) is 12.1 Å². The van der Waals surface area contributed by atoms with Crippen molar-refractivity contribution in [3.8, 4) is 0 Å². The molecule has 1 fully saturated rings. The summed E-state index contributed by atoms with van der Waals surface area (Å²) in [6.07, 6.45) is 3.11. The predicted octanol–water partition coefficient (Wildman–Crippen LogP) is 0.801. The fourth-order valence-electron chi connectivity index (χ4n) is 2.01. The number of amides is 1. The minimum absolute atomic E-state index is 0.208. The number of carbonyl (C=O) groups is 1. The van der Waals surface area contributed by atoms with Crippen molar-refractivity contribution in [3.05, 3.63) is 17.8 Å². The van der Waals surface area contributed by atoms with Crippen LogP contribution in [0.4, 0.5) is 5.82 Å². The molecule has 1 heterocycles. The third-order valence-corrected chi connectivity index (χ3v) is 3.48. The Morgan fingerprint density at radius 3 is 2.74 bits per heavy atom. The number of aliphatic hydroxyl groups is 1. The summed E-state index contributed by atoms with van der Waals surface area (Å²) in [4.78, 5) is 11.5.